The van der Waals surface area contributed by atoms with E-state index in [1.54, 1.807) is 0 Å². The van der Waals surface area contributed by atoms with Gasteiger partial charge in [-0.1, -0.05) is 78.9 Å². The van der Waals surface area contributed by atoms with Crippen LogP contribution in [0.2, 0.25) is 0 Å². The number of nitrogens with one attached hydrogen (secondary N) is 2. The third kappa shape index (κ3) is 6.36. The van der Waals surface area contributed by atoms with Crippen LogP contribution in [0.3, 0.4) is 0 Å². The standard InChI is InChI=1S/C32H37N5/c1-37(2)31-29-15-9-10-16-30(29)35-32(36-31)34-27-19-17-24(18-20-27)23-33-22-21-28(25-11-5-3-6-12-25)26-13-7-4-8-14-26/h3-16,21,24,27,33H,17-20,22-23H2,1-2H3,(H,34,35,36). The maximum atomic E-state index is 4.83. The van der Waals surface area contributed by atoms with Crippen LogP contribution < -0.4 is 15.5 Å². The first kappa shape index (κ1) is 25.0. The number of hydrogen-bond acceptors (Lipinski definition) is 5. The highest BCUT2D eigenvalue weighted by Crippen LogP contribution is 2.28. The summed E-state index contributed by atoms with van der Waals surface area (Å²) in [7, 11) is 4.07. The predicted octanol–water partition coefficient (Wildman–Crippen LogP) is 6.39. The van der Waals surface area contributed by atoms with E-state index in [9.17, 15) is 0 Å². The zero-order valence-electron chi connectivity index (χ0n) is 21.9. The maximum absolute atomic E-state index is 4.83. The summed E-state index contributed by atoms with van der Waals surface area (Å²) in [5.41, 5.74) is 4.79. The number of aromatic nitrogens is 2. The van der Waals surface area contributed by atoms with E-state index in [0.29, 0.717) is 12.0 Å². The van der Waals surface area contributed by atoms with Crippen molar-refractivity contribution >= 4 is 28.2 Å². The first-order chi connectivity index (χ1) is 18.2. The lowest BCUT2D eigenvalue weighted by molar-refractivity contribution is 0.327. The van der Waals surface area contributed by atoms with Crippen molar-refractivity contribution in [3.63, 3.8) is 0 Å². The minimum absolute atomic E-state index is 0.426. The van der Waals surface area contributed by atoms with Crippen molar-refractivity contribution in [1.82, 2.24) is 15.3 Å². The van der Waals surface area contributed by atoms with E-state index in [0.717, 1.165) is 48.6 Å². The zero-order valence-corrected chi connectivity index (χ0v) is 21.9. The zero-order chi connectivity index (χ0) is 25.5. The highest BCUT2D eigenvalue weighted by atomic mass is 15.2. The largest absolute Gasteiger partial charge is 0.362 e. The lowest BCUT2D eigenvalue weighted by atomic mass is 9.86. The first-order valence-corrected chi connectivity index (χ1v) is 13.4. The van der Waals surface area contributed by atoms with Gasteiger partial charge in [0, 0.05) is 32.1 Å². The summed E-state index contributed by atoms with van der Waals surface area (Å²) >= 11 is 0. The smallest absolute Gasteiger partial charge is 0.225 e. The Labute approximate surface area is 220 Å². The molecule has 0 bridgehead atoms. The maximum Gasteiger partial charge on any atom is 0.225 e. The Bertz CT molecular complexity index is 1270. The molecule has 0 aliphatic heterocycles. The molecule has 1 saturated carbocycles. The third-order valence-corrected chi connectivity index (χ3v) is 7.24. The second-order valence-electron chi connectivity index (χ2n) is 10.2. The van der Waals surface area contributed by atoms with Crippen LogP contribution in [0.1, 0.15) is 36.8 Å². The summed E-state index contributed by atoms with van der Waals surface area (Å²) in [5, 5.41) is 8.42. The van der Waals surface area contributed by atoms with Crippen LogP contribution in [0, 0.1) is 5.92 Å². The van der Waals surface area contributed by atoms with Crippen LogP contribution in [-0.4, -0.2) is 43.2 Å². The summed E-state index contributed by atoms with van der Waals surface area (Å²) in [6, 6.07) is 30.0. The van der Waals surface area contributed by atoms with Crippen LogP contribution in [-0.2, 0) is 0 Å². The van der Waals surface area contributed by atoms with Crippen LogP contribution in [0.15, 0.2) is 91.0 Å². The van der Waals surface area contributed by atoms with Crippen LogP contribution in [0.5, 0.6) is 0 Å². The number of para-hydroxylation sites is 1. The molecule has 0 radical (unpaired) electrons. The summed E-state index contributed by atoms with van der Waals surface area (Å²) in [6.45, 7) is 1.92. The fourth-order valence-corrected chi connectivity index (χ4v) is 5.26. The molecule has 0 spiro atoms. The van der Waals surface area contributed by atoms with Gasteiger partial charge in [-0.25, -0.2) is 4.98 Å². The normalized spacial score (nSPS) is 17.4. The number of anilines is 2. The Morgan fingerprint density at radius 1 is 0.811 bits per heavy atom. The van der Waals surface area contributed by atoms with E-state index >= 15 is 0 Å². The average Bonchev–Trinajstić information content (AvgIpc) is 2.94. The van der Waals surface area contributed by atoms with E-state index in [1.165, 1.54) is 29.5 Å². The summed E-state index contributed by atoms with van der Waals surface area (Å²) in [6.07, 6.45) is 7.06. The molecule has 3 aromatic carbocycles. The van der Waals surface area contributed by atoms with E-state index in [2.05, 4.69) is 94.4 Å². The van der Waals surface area contributed by atoms with Crippen molar-refractivity contribution in [1.29, 1.82) is 0 Å². The van der Waals surface area contributed by atoms with Gasteiger partial charge >= 0.3 is 0 Å². The van der Waals surface area contributed by atoms with Gasteiger partial charge in [0.05, 0.1) is 5.52 Å². The molecule has 5 nitrogen and oxygen atoms in total. The van der Waals surface area contributed by atoms with Gasteiger partial charge in [-0.05, 0) is 67.0 Å². The van der Waals surface area contributed by atoms with Crippen molar-refractivity contribution in [3.05, 3.63) is 102 Å². The van der Waals surface area contributed by atoms with Gasteiger partial charge in [0.1, 0.15) is 5.82 Å². The Hall–Kier alpha value is -3.70. The molecule has 0 unspecified atom stereocenters. The van der Waals surface area contributed by atoms with Gasteiger partial charge in [0.25, 0.3) is 0 Å². The van der Waals surface area contributed by atoms with E-state index < -0.39 is 0 Å². The Kier molecular flexibility index (Phi) is 8.11. The fourth-order valence-electron chi connectivity index (χ4n) is 5.26. The van der Waals surface area contributed by atoms with E-state index in [4.69, 9.17) is 9.97 Å². The molecule has 1 heterocycles. The highest BCUT2D eigenvalue weighted by Gasteiger charge is 2.22. The molecule has 5 rings (SSSR count). The topological polar surface area (TPSA) is 53.1 Å². The highest BCUT2D eigenvalue weighted by molar-refractivity contribution is 5.90. The van der Waals surface area contributed by atoms with Gasteiger partial charge in [-0.3, -0.25) is 0 Å². The molecule has 2 N–H and O–H groups in total. The van der Waals surface area contributed by atoms with Crippen LogP contribution in [0.4, 0.5) is 11.8 Å². The molecule has 0 saturated heterocycles. The molecule has 1 aliphatic carbocycles. The van der Waals surface area contributed by atoms with Gasteiger partial charge in [-0.15, -0.1) is 0 Å². The monoisotopic (exact) mass is 491 g/mol. The second-order valence-corrected chi connectivity index (χ2v) is 10.2. The van der Waals surface area contributed by atoms with Crippen molar-refractivity contribution in [2.45, 2.75) is 31.7 Å². The minimum atomic E-state index is 0.426. The molecule has 0 amide bonds. The first-order valence-electron chi connectivity index (χ1n) is 13.4. The van der Waals surface area contributed by atoms with Crippen molar-refractivity contribution in [3.8, 4) is 0 Å². The Morgan fingerprint density at radius 2 is 1.43 bits per heavy atom. The lowest BCUT2D eigenvalue weighted by Gasteiger charge is -2.29. The van der Waals surface area contributed by atoms with Gasteiger partial charge in [0.2, 0.25) is 5.95 Å². The molecule has 1 aromatic heterocycles. The van der Waals surface area contributed by atoms with E-state index in [1.807, 2.05) is 26.2 Å². The van der Waals surface area contributed by atoms with Gasteiger partial charge < -0.3 is 15.5 Å². The number of benzene rings is 3. The van der Waals surface area contributed by atoms with Crippen molar-refractivity contribution in [2.24, 2.45) is 5.92 Å². The van der Waals surface area contributed by atoms with Crippen molar-refractivity contribution < 1.29 is 0 Å². The SMILES string of the molecule is CN(C)c1nc(NC2CCC(CNCC=C(c3ccccc3)c3ccccc3)CC2)nc2ccccc12. The van der Waals surface area contributed by atoms with Crippen molar-refractivity contribution in [2.75, 3.05) is 37.4 Å². The summed E-state index contributed by atoms with van der Waals surface area (Å²) in [4.78, 5) is 11.7. The average molecular weight is 492 g/mol. The fraction of sp³-hybridized carbons (Fsp3) is 0.312. The van der Waals surface area contributed by atoms with Gasteiger partial charge in [-0.2, -0.15) is 4.98 Å². The molecule has 1 fully saturated rings. The lowest BCUT2D eigenvalue weighted by Crippen LogP contribution is -2.32. The summed E-state index contributed by atoms with van der Waals surface area (Å²) < 4.78 is 0. The minimum Gasteiger partial charge on any atom is -0.362 e. The molecule has 1 aliphatic rings. The van der Waals surface area contributed by atoms with E-state index in [-0.39, 0.29) is 0 Å². The molecule has 5 heteroatoms. The van der Waals surface area contributed by atoms with Crippen LogP contribution >= 0.6 is 0 Å². The number of nitrogens with zero attached hydrogens (tertiary/aromatic N) is 3. The van der Waals surface area contributed by atoms with Gasteiger partial charge in [0.15, 0.2) is 0 Å². The molecular weight excluding hydrogens is 454 g/mol. The summed E-state index contributed by atoms with van der Waals surface area (Å²) in [5.74, 6) is 2.41. The second kappa shape index (κ2) is 12.0. The Balaban J connectivity index is 1.14. The molecular formula is C32H37N5. The Morgan fingerprint density at radius 3 is 2.08 bits per heavy atom. The molecule has 37 heavy (non-hydrogen) atoms. The quantitative estimate of drug-likeness (QED) is 0.266. The molecule has 4 aromatic rings. The molecule has 0 atom stereocenters. The number of rotatable bonds is 9. The molecule has 190 valence electrons. The number of fused-ring (bicyclic) bond motifs is 1. The number of hydrogen-bond donors (Lipinski definition) is 2. The predicted molar refractivity (Wildman–Crippen MR) is 156 cm³/mol. The van der Waals surface area contributed by atoms with Crippen LogP contribution in [0.25, 0.3) is 16.5 Å². The third-order valence-electron chi connectivity index (χ3n) is 7.24.